The molecule has 0 aromatic rings. The molecule has 0 aromatic heterocycles. The molecule has 0 spiro atoms. The normalized spacial score (nSPS) is 50.2. The van der Waals surface area contributed by atoms with E-state index in [4.69, 9.17) is 0 Å². The average molecular weight is 445 g/mol. The van der Waals surface area contributed by atoms with Crippen LogP contribution < -0.4 is 0 Å². The third kappa shape index (κ3) is 6.16. The summed E-state index contributed by atoms with van der Waals surface area (Å²) in [6.07, 6.45) is 18.5. The molecule has 4 atom stereocenters. The van der Waals surface area contributed by atoms with Gasteiger partial charge in [0, 0.05) is 0 Å². The summed E-state index contributed by atoms with van der Waals surface area (Å²) in [7, 11) is 0. The van der Waals surface area contributed by atoms with E-state index in [0.29, 0.717) is 0 Å². The van der Waals surface area contributed by atoms with Crippen LogP contribution in [0.2, 0.25) is 0 Å². The minimum atomic E-state index is 0.936. The van der Waals surface area contributed by atoms with E-state index in [1.165, 1.54) is 25.7 Å². The molecule has 4 fully saturated rings. The van der Waals surface area contributed by atoms with E-state index in [0.717, 1.165) is 71.0 Å². The van der Waals surface area contributed by atoms with Crippen molar-refractivity contribution in [3.8, 4) is 0 Å². The highest BCUT2D eigenvalue weighted by atomic mass is 14.5. The summed E-state index contributed by atoms with van der Waals surface area (Å²) in [6.45, 7) is 19.4. The van der Waals surface area contributed by atoms with E-state index in [-0.39, 0.29) is 0 Å². The molecule has 4 rings (SSSR count). The molecule has 0 bridgehead atoms. The maximum atomic E-state index is 2.65. The third-order valence-electron chi connectivity index (χ3n) is 11.6. The summed E-state index contributed by atoms with van der Waals surface area (Å²) >= 11 is 0. The van der Waals surface area contributed by atoms with E-state index < -0.39 is 0 Å². The maximum Gasteiger partial charge on any atom is -0.0334 e. The van der Waals surface area contributed by atoms with Crippen LogP contribution in [0.5, 0.6) is 0 Å². The lowest BCUT2D eigenvalue weighted by Gasteiger charge is -2.50. The zero-order valence-corrected chi connectivity index (χ0v) is 23.4. The average Bonchev–Trinajstić information content (AvgIpc) is 2.79. The largest absolute Gasteiger partial charge is 0.0683 e. The second-order valence-corrected chi connectivity index (χ2v) is 13.5. The summed E-state index contributed by atoms with van der Waals surface area (Å²) in [4.78, 5) is 0. The second kappa shape index (κ2) is 12.1. The third-order valence-corrected chi connectivity index (χ3v) is 11.6. The standard InChI is InChI=1S/C30H54.C2H6/c1-19-7-9-25(10-8-19)26-11-13-27(14-12-26)28-17-22(4)30(23(5)18-28)29-15-20(2)24(6)21(3)16-29;1-2/h19-30H,7-18H2,1-6H3;1-2H3. The highest BCUT2D eigenvalue weighted by Crippen LogP contribution is 2.53. The van der Waals surface area contributed by atoms with Gasteiger partial charge in [-0.05, 0) is 135 Å². The van der Waals surface area contributed by atoms with E-state index in [1.807, 2.05) is 13.8 Å². The molecule has 4 saturated carbocycles. The lowest BCUT2D eigenvalue weighted by Crippen LogP contribution is -2.41. The smallest absolute Gasteiger partial charge is 0.0334 e. The van der Waals surface area contributed by atoms with Gasteiger partial charge in [0.1, 0.15) is 0 Å². The lowest BCUT2D eigenvalue weighted by atomic mass is 9.55. The lowest BCUT2D eigenvalue weighted by molar-refractivity contribution is -0.00242. The molecule has 32 heavy (non-hydrogen) atoms. The fourth-order valence-corrected chi connectivity index (χ4v) is 9.44. The van der Waals surface area contributed by atoms with E-state index >= 15 is 0 Å². The summed E-state index contributed by atoms with van der Waals surface area (Å²) < 4.78 is 0. The van der Waals surface area contributed by atoms with Crippen LogP contribution >= 0.6 is 0 Å². The van der Waals surface area contributed by atoms with Gasteiger partial charge in [-0.15, -0.1) is 0 Å². The summed E-state index contributed by atoms with van der Waals surface area (Å²) in [5, 5.41) is 0. The number of hydrogen-bond acceptors (Lipinski definition) is 0. The van der Waals surface area contributed by atoms with Crippen molar-refractivity contribution in [1.29, 1.82) is 0 Å². The second-order valence-electron chi connectivity index (χ2n) is 13.5. The Balaban J connectivity index is 0.00000141. The molecule has 4 aliphatic carbocycles. The monoisotopic (exact) mass is 444 g/mol. The van der Waals surface area contributed by atoms with Gasteiger partial charge in [-0.25, -0.2) is 0 Å². The summed E-state index contributed by atoms with van der Waals surface area (Å²) in [6, 6.07) is 0. The molecule has 188 valence electrons. The van der Waals surface area contributed by atoms with Crippen LogP contribution in [0.25, 0.3) is 0 Å². The molecule has 0 aromatic carbocycles. The Morgan fingerprint density at radius 3 is 1.16 bits per heavy atom. The van der Waals surface area contributed by atoms with Crippen LogP contribution in [0, 0.1) is 71.0 Å². The molecule has 0 heteroatoms. The first-order chi connectivity index (χ1) is 15.3. The zero-order chi connectivity index (χ0) is 23.4. The number of hydrogen-bond donors (Lipinski definition) is 0. The highest BCUT2D eigenvalue weighted by Gasteiger charge is 2.44. The Morgan fingerprint density at radius 1 is 0.375 bits per heavy atom. The van der Waals surface area contributed by atoms with Crippen molar-refractivity contribution in [3.63, 3.8) is 0 Å². The van der Waals surface area contributed by atoms with Gasteiger partial charge in [0.25, 0.3) is 0 Å². The predicted octanol–water partition coefficient (Wildman–Crippen LogP) is 10.3. The number of rotatable bonds is 3. The fraction of sp³-hybridized carbons (Fsp3) is 1.00. The Labute approximate surface area is 203 Å². The Hall–Kier alpha value is 0. The molecule has 0 radical (unpaired) electrons. The van der Waals surface area contributed by atoms with Gasteiger partial charge >= 0.3 is 0 Å². The van der Waals surface area contributed by atoms with Crippen molar-refractivity contribution in [2.24, 2.45) is 71.0 Å². The van der Waals surface area contributed by atoms with E-state index in [9.17, 15) is 0 Å². The van der Waals surface area contributed by atoms with Crippen molar-refractivity contribution >= 4 is 0 Å². The fourth-order valence-electron chi connectivity index (χ4n) is 9.44. The Bertz CT molecular complexity index is 496. The Morgan fingerprint density at radius 2 is 0.719 bits per heavy atom. The first kappa shape index (κ1) is 26.6. The van der Waals surface area contributed by atoms with Gasteiger partial charge in [-0.1, -0.05) is 68.2 Å². The van der Waals surface area contributed by atoms with Gasteiger partial charge in [0.05, 0.1) is 0 Å². The Kier molecular flexibility index (Phi) is 10.1. The molecule has 0 nitrogen and oxygen atoms in total. The predicted molar refractivity (Wildman–Crippen MR) is 143 cm³/mol. The zero-order valence-electron chi connectivity index (χ0n) is 23.4. The minimum absolute atomic E-state index is 0.936. The van der Waals surface area contributed by atoms with Crippen molar-refractivity contribution in [2.45, 2.75) is 132 Å². The first-order valence-electron chi connectivity index (χ1n) is 15.3. The van der Waals surface area contributed by atoms with Crippen molar-refractivity contribution in [1.82, 2.24) is 0 Å². The highest BCUT2D eigenvalue weighted by molar-refractivity contribution is 4.93. The molecule has 0 saturated heterocycles. The van der Waals surface area contributed by atoms with Gasteiger partial charge in [-0.3, -0.25) is 0 Å². The molecular weight excluding hydrogens is 384 g/mol. The van der Waals surface area contributed by atoms with Crippen LogP contribution in [0.1, 0.15) is 132 Å². The van der Waals surface area contributed by atoms with Crippen LogP contribution in [0.15, 0.2) is 0 Å². The molecular formula is C32H60. The SMILES string of the molecule is CC.CC1CCC(C2CCC(C3CC(C)C(C4CC(C)C(C)C(C)C4)C(C)C3)CC2)CC1. The maximum absolute atomic E-state index is 2.65. The van der Waals surface area contributed by atoms with Crippen LogP contribution in [-0.2, 0) is 0 Å². The van der Waals surface area contributed by atoms with Gasteiger partial charge in [0.15, 0.2) is 0 Å². The molecule has 0 aliphatic heterocycles. The quantitative estimate of drug-likeness (QED) is 0.406. The van der Waals surface area contributed by atoms with Gasteiger partial charge in [-0.2, -0.15) is 0 Å². The first-order valence-corrected chi connectivity index (χ1v) is 15.3. The summed E-state index contributed by atoms with van der Waals surface area (Å²) in [5.74, 6) is 12.1. The van der Waals surface area contributed by atoms with Crippen molar-refractivity contribution < 1.29 is 0 Å². The minimum Gasteiger partial charge on any atom is -0.0683 e. The molecule has 4 unspecified atom stereocenters. The van der Waals surface area contributed by atoms with E-state index in [2.05, 4.69) is 41.5 Å². The topological polar surface area (TPSA) is 0 Å². The van der Waals surface area contributed by atoms with Gasteiger partial charge < -0.3 is 0 Å². The van der Waals surface area contributed by atoms with Crippen LogP contribution in [-0.4, -0.2) is 0 Å². The van der Waals surface area contributed by atoms with Crippen LogP contribution in [0.3, 0.4) is 0 Å². The summed E-state index contributed by atoms with van der Waals surface area (Å²) in [5.41, 5.74) is 0. The van der Waals surface area contributed by atoms with Crippen molar-refractivity contribution in [2.75, 3.05) is 0 Å². The molecule has 4 aliphatic rings. The van der Waals surface area contributed by atoms with Crippen LogP contribution in [0.4, 0.5) is 0 Å². The van der Waals surface area contributed by atoms with E-state index in [1.54, 1.807) is 51.4 Å². The van der Waals surface area contributed by atoms with Crippen molar-refractivity contribution in [3.05, 3.63) is 0 Å². The molecule has 0 heterocycles. The van der Waals surface area contributed by atoms with Gasteiger partial charge in [0.2, 0.25) is 0 Å². The molecule has 0 amide bonds. The molecule has 0 N–H and O–H groups in total.